The van der Waals surface area contributed by atoms with E-state index in [2.05, 4.69) is 23.3 Å². The molecular formula is C14H26N4O5S. The van der Waals surface area contributed by atoms with Gasteiger partial charge in [0, 0.05) is 12.2 Å². The summed E-state index contributed by atoms with van der Waals surface area (Å²) in [6.07, 6.45) is 0.474. The van der Waals surface area contributed by atoms with E-state index in [1.54, 1.807) is 6.92 Å². The van der Waals surface area contributed by atoms with Crippen LogP contribution in [0.1, 0.15) is 33.1 Å². The summed E-state index contributed by atoms with van der Waals surface area (Å²) in [6.45, 7) is 3.67. The second kappa shape index (κ2) is 10.9. The number of carbonyl (C=O) groups is 4. The maximum absolute atomic E-state index is 12.2. The fraction of sp³-hybridized carbons (Fsp3) is 0.714. The number of nitrogens with two attached hydrogens (primary N) is 2. The molecule has 0 aliphatic rings. The van der Waals surface area contributed by atoms with E-state index in [-0.39, 0.29) is 24.5 Å². The summed E-state index contributed by atoms with van der Waals surface area (Å²) in [4.78, 5) is 46.2. The van der Waals surface area contributed by atoms with E-state index in [9.17, 15) is 19.2 Å². The van der Waals surface area contributed by atoms with Gasteiger partial charge in [0.15, 0.2) is 0 Å². The average Bonchev–Trinajstić information content (AvgIpc) is 2.53. The van der Waals surface area contributed by atoms with Gasteiger partial charge >= 0.3 is 5.97 Å². The first-order valence-electron chi connectivity index (χ1n) is 7.62. The Morgan fingerprint density at radius 3 is 2.08 bits per heavy atom. The molecule has 4 unspecified atom stereocenters. The number of carboxylic acid groups (broad SMARTS) is 1. The minimum atomic E-state index is -1.25. The van der Waals surface area contributed by atoms with Gasteiger partial charge < -0.3 is 27.2 Å². The van der Waals surface area contributed by atoms with Crippen LogP contribution in [0.2, 0.25) is 0 Å². The quantitative estimate of drug-likeness (QED) is 0.248. The van der Waals surface area contributed by atoms with E-state index in [1.165, 1.54) is 0 Å². The third-order valence-corrected chi connectivity index (χ3v) is 4.03. The van der Waals surface area contributed by atoms with Gasteiger partial charge in [0.25, 0.3) is 0 Å². The van der Waals surface area contributed by atoms with Crippen LogP contribution in [0.25, 0.3) is 0 Å². The van der Waals surface area contributed by atoms with Crippen molar-refractivity contribution >= 4 is 36.3 Å². The Balaban J connectivity index is 5.02. The molecule has 4 atom stereocenters. The van der Waals surface area contributed by atoms with E-state index in [4.69, 9.17) is 16.6 Å². The van der Waals surface area contributed by atoms with Crippen LogP contribution in [0, 0.1) is 5.92 Å². The van der Waals surface area contributed by atoms with Crippen molar-refractivity contribution in [1.29, 1.82) is 0 Å². The number of nitrogens with one attached hydrogen (secondary N) is 2. The van der Waals surface area contributed by atoms with E-state index < -0.39 is 41.8 Å². The summed E-state index contributed by atoms with van der Waals surface area (Å²) in [5.41, 5.74) is 10.9. The van der Waals surface area contributed by atoms with Crippen molar-refractivity contribution in [3.8, 4) is 0 Å². The molecule has 0 bridgehead atoms. The summed E-state index contributed by atoms with van der Waals surface area (Å²) >= 11 is 3.85. The number of carboxylic acids is 1. The molecule has 0 aromatic carbocycles. The Labute approximate surface area is 146 Å². The Hall–Kier alpha value is -1.81. The third-order valence-electron chi connectivity index (χ3n) is 3.67. The number of thiol groups is 1. The van der Waals surface area contributed by atoms with Crippen LogP contribution in [0.5, 0.6) is 0 Å². The zero-order valence-electron chi connectivity index (χ0n) is 13.8. The van der Waals surface area contributed by atoms with Crippen LogP contribution in [0.15, 0.2) is 0 Å². The number of hydrogen-bond donors (Lipinski definition) is 6. The monoisotopic (exact) mass is 362 g/mol. The van der Waals surface area contributed by atoms with Gasteiger partial charge in [-0.2, -0.15) is 12.6 Å². The lowest BCUT2D eigenvalue weighted by Gasteiger charge is -2.24. The van der Waals surface area contributed by atoms with Crippen LogP contribution in [-0.4, -0.2) is 52.7 Å². The SMILES string of the molecule is CCC(C)C(N)C(=O)NC(CCC(N)=O)C(=O)NC(CS)C(=O)O. The zero-order valence-corrected chi connectivity index (χ0v) is 14.7. The minimum absolute atomic E-state index is 0.0565. The molecule has 0 aromatic rings. The van der Waals surface area contributed by atoms with Crippen LogP contribution in [0.3, 0.4) is 0 Å². The maximum Gasteiger partial charge on any atom is 0.327 e. The lowest BCUT2D eigenvalue weighted by atomic mass is 9.98. The number of rotatable bonds is 11. The smallest absolute Gasteiger partial charge is 0.327 e. The van der Waals surface area contributed by atoms with E-state index in [0.29, 0.717) is 6.42 Å². The standard InChI is InChI=1S/C14H26N4O5S/c1-3-7(2)11(16)13(21)17-8(4-5-10(15)19)12(20)18-9(6-24)14(22)23/h7-9,11,24H,3-6,16H2,1-2H3,(H2,15,19)(H,17,21)(H,18,20)(H,22,23). The van der Waals surface area contributed by atoms with Gasteiger partial charge in [-0.05, 0) is 12.3 Å². The van der Waals surface area contributed by atoms with Gasteiger partial charge in [0.2, 0.25) is 17.7 Å². The molecule has 138 valence electrons. The zero-order chi connectivity index (χ0) is 18.9. The highest BCUT2D eigenvalue weighted by molar-refractivity contribution is 7.80. The molecule has 0 spiro atoms. The van der Waals surface area contributed by atoms with Crippen molar-refractivity contribution < 1.29 is 24.3 Å². The molecule has 0 saturated carbocycles. The summed E-state index contributed by atoms with van der Waals surface area (Å²) < 4.78 is 0. The molecule has 0 rings (SSSR count). The predicted molar refractivity (Wildman–Crippen MR) is 91.2 cm³/mol. The Morgan fingerprint density at radius 1 is 1.12 bits per heavy atom. The second-order valence-electron chi connectivity index (χ2n) is 5.56. The second-order valence-corrected chi connectivity index (χ2v) is 5.92. The fourth-order valence-electron chi connectivity index (χ4n) is 1.79. The lowest BCUT2D eigenvalue weighted by Crippen LogP contribution is -2.55. The molecule has 0 aliphatic carbocycles. The molecule has 0 aliphatic heterocycles. The van der Waals surface area contributed by atoms with Crippen LogP contribution in [-0.2, 0) is 19.2 Å². The van der Waals surface area contributed by atoms with Gasteiger partial charge in [0.05, 0.1) is 6.04 Å². The number of aliphatic carboxylic acids is 1. The summed E-state index contributed by atoms with van der Waals surface area (Å²) in [5.74, 6) is -3.40. The normalized spacial score (nSPS) is 15.7. The Kier molecular flexibility index (Phi) is 10.0. The minimum Gasteiger partial charge on any atom is -0.480 e. The number of carbonyl (C=O) groups excluding carboxylic acids is 3. The fourth-order valence-corrected chi connectivity index (χ4v) is 2.04. The van der Waals surface area contributed by atoms with Crippen molar-refractivity contribution in [3.05, 3.63) is 0 Å². The largest absolute Gasteiger partial charge is 0.480 e. The lowest BCUT2D eigenvalue weighted by molar-refractivity contribution is -0.141. The van der Waals surface area contributed by atoms with E-state index >= 15 is 0 Å². The van der Waals surface area contributed by atoms with Gasteiger partial charge in [-0.25, -0.2) is 4.79 Å². The number of hydrogen-bond acceptors (Lipinski definition) is 6. The predicted octanol–water partition coefficient (Wildman–Crippen LogP) is -1.39. The van der Waals surface area contributed by atoms with Crippen molar-refractivity contribution in [2.24, 2.45) is 17.4 Å². The highest BCUT2D eigenvalue weighted by Gasteiger charge is 2.28. The van der Waals surface area contributed by atoms with Gasteiger partial charge in [0.1, 0.15) is 12.1 Å². The van der Waals surface area contributed by atoms with Gasteiger partial charge in [-0.3, -0.25) is 14.4 Å². The van der Waals surface area contributed by atoms with Crippen LogP contribution in [0.4, 0.5) is 0 Å². The maximum atomic E-state index is 12.2. The average molecular weight is 362 g/mol. The topological polar surface area (TPSA) is 165 Å². The summed E-state index contributed by atoms with van der Waals surface area (Å²) in [6, 6.07) is -3.14. The highest BCUT2D eigenvalue weighted by atomic mass is 32.1. The van der Waals surface area contributed by atoms with Crippen molar-refractivity contribution in [2.75, 3.05) is 5.75 Å². The number of primary amides is 1. The summed E-state index contributed by atoms with van der Waals surface area (Å²) in [7, 11) is 0. The van der Waals surface area contributed by atoms with Crippen molar-refractivity contribution in [3.63, 3.8) is 0 Å². The first kappa shape index (κ1) is 22.2. The van der Waals surface area contributed by atoms with Crippen molar-refractivity contribution in [2.45, 2.75) is 51.2 Å². The van der Waals surface area contributed by atoms with Gasteiger partial charge in [-0.1, -0.05) is 20.3 Å². The molecule has 3 amide bonds. The van der Waals surface area contributed by atoms with E-state index in [1.807, 2.05) is 6.92 Å². The van der Waals surface area contributed by atoms with Crippen molar-refractivity contribution in [1.82, 2.24) is 10.6 Å². The molecule has 9 nitrogen and oxygen atoms in total. The van der Waals surface area contributed by atoms with E-state index in [0.717, 1.165) is 0 Å². The summed E-state index contributed by atoms with van der Waals surface area (Å²) in [5, 5.41) is 13.7. The Bertz CT molecular complexity index is 474. The first-order valence-corrected chi connectivity index (χ1v) is 8.25. The first-order chi connectivity index (χ1) is 11.1. The molecular weight excluding hydrogens is 336 g/mol. The molecule has 0 heterocycles. The third kappa shape index (κ3) is 7.64. The molecule has 0 aromatic heterocycles. The van der Waals surface area contributed by atoms with Crippen LogP contribution < -0.4 is 22.1 Å². The Morgan fingerprint density at radius 2 is 1.67 bits per heavy atom. The molecule has 24 heavy (non-hydrogen) atoms. The van der Waals surface area contributed by atoms with Gasteiger partial charge in [-0.15, -0.1) is 0 Å². The molecule has 0 fully saturated rings. The highest BCUT2D eigenvalue weighted by Crippen LogP contribution is 2.07. The molecule has 0 saturated heterocycles. The van der Waals surface area contributed by atoms with Crippen LogP contribution >= 0.6 is 12.6 Å². The molecule has 7 N–H and O–H groups in total. The number of amides is 3. The molecule has 10 heteroatoms. The molecule has 0 radical (unpaired) electrons.